The van der Waals surface area contributed by atoms with Crippen molar-refractivity contribution in [3.05, 3.63) is 83.9 Å². The minimum absolute atomic E-state index is 0.0138. The molecule has 1 N–H and O–H groups in total. The molecule has 29 heavy (non-hydrogen) atoms. The number of azo groups is 1. The molecule has 6 nitrogen and oxygen atoms in total. The number of aliphatic imine (C=N–C) groups is 1. The molecule has 0 aliphatic rings. The maximum Gasteiger partial charge on any atom is 0.231 e. The van der Waals surface area contributed by atoms with Gasteiger partial charge in [0.05, 0.1) is 5.69 Å². The molecule has 4 rings (SSSR count). The van der Waals surface area contributed by atoms with E-state index in [0.717, 1.165) is 21.8 Å². The zero-order valence-electron chi connectivity index (χ0n) is 15.6. The van der Waals surface area contributed by atoms with Gasteiger partial charge in [-0.05, 0) is 31.2 Å². The molecule has 1 aromatic heterocycles. The van der Waals surface area contributed by atoms with Gasteiger partial charge in [-0.2, -0.15) is 5.11 Å². The minimum Gasteiger partial charge on any atom is -0.505 e. The second-order valence-electron chi connectivity index (χ2n) is 6.26. The molecular formula is C22H17N5OS. The number of phenolic OH excluding ortho intramolecular Hbond substituents is 1. The van der Waals surface area contributed by atoms with Gasteiger partial charge in [-0.1, -0.05) is 65.4 Å². The van der Waals surface area contributed by atoms with Crippen molar-refractivity contribution in [2.45, 2.75) is 6.92 Å². The first-order chi connectivity index (χ1) is 14.2. The second-order valence-corrected chi connectivity index (χ2v) is 7.22. The predicted octanol–water partition coefficient (Wildman–Crippen LogP) is 6.39. The van der Waals surface area contributed by atoms with Crippen molar-refractivity contribution >= 4 is 34.1 Å². The van der Waals surface area contributed by atoms with Crippen LogP contribution in [0.2, 0.25) is 0 Å². The van der Waals surface area contributed by atoms with Crippen molar-refractivity contribution in [2.24, 2.45) is 15.2 Å². The SMILES string of the molecule is Cc1ccc(N=Nc2cccc(/C=N/c3nnc(-c4ccccc4)s3)c2O)cc1. The van der Waals surface area contributed by atoms with Crippen molar-refractivity contribution in [3.63, 3.8) is 0 Å². The first kappa shape index (κ1) is 18.6. The van der Waals surface area contributed by atoms with Crippen LogP contribution in [-0.4, -0.2) is 21.5 Å². The van der Waals surface area contributed by atoms with Gasteiger partial charge in [-0.25, -0.2) is 4.99 Å². The average molecular weight is 399 g/mol. The first-order valence-electron chi connectivity index (χ1n) is 8.92. The summed E-state index contributed by atoms with van der Waals surface area (Å²) in [5, 5.41) is 28.4. The topological polar surface area (TPSA) is 83.1 Å². The third kappa shape index (κ3) is 4.59. The summed E-state index contributed by atoms with van der Waals surface area (Å²) in [5.74, 6) is 0.0138. The number of hydrogen-bond acceptors (Lipinski definition) is 7. The van der Waals surface area contributed by atoms with Crippen LogP contribution in [0.5, 0.6) is 5.75 Å². The molecule has 3 aromatic carbocycles. The number of aromatic nitrogens is 2. The third-order valence-corrected chi connectivity index (χ3v) is 4.98. The molecule has 0 spiro atoms. The molecule has 0 saturated carbocycles. The quantitative estimate of drug-likeness (QED) is 0.312. The van der Waals surface area contributed by atoms with Gasteiger partial charge in [0.15, 0.2) is 5.75 Å². The van der Waals surface area contributed by atoms with E-state index in [0.29, 0.717) is 16.4 Å². The number of nitrogens with zero attached hydrogens (tertiary/aromatic N) is 5. The van der Waals surface area contributed by atoms with E-state index in [-0.39, 0.29) is 5.75 Å². The van der Waals surface area contributed by atoms with Crippen molar-refractivity contribution in [1.29, 1.82) is 0 Å². The lowest BCUT2D eigenvalue weighted by Gasteiger charge is -2.01. The summed E-state index contributed by atoms with van der Waals surface area (Å²) in [6.07, 6.45) is 1.55. The standard InChI is InChI=1S/C22H17N5OS/c1-15-10-12-18(13-11-15)24-25-19-9-5-8-17(20(19)28)14-23-22-27-26-21(29-22)16-6-3-2-4-7-16/h2-14,28H,1H3/b23-14+,25-24?. The van der Waals surface area contributed by atoms with Crippen molar-refractivity contribution in [3.8, 4) is 16.3 Å². The van der Waals surface area contributed by atoms with Gasteiger partial charge < -0.3 is 5.11 Å². The summed E-state index contributed by atoms with van der Waals surface area (Å²) >= 11 is 1.38. The zero-order valence-corrected chi connectivity index (χ0v) is 16.4. The third-order valence-electron chi connectivity index (χ3n) is 4.10. The molecule has 0 aliphatic heterocycles. The van der Waals surface area contributed by atoms with Crippen molar-refractivity contribution in [2.75, 3.05) is 0 Å². The minimum atomic E-state index is 0.0138. The Morgan fingerprint density at radius 3 is 2.45 bits per heavy atom. The van der Waals surface area contributed by atoms with Crippen LogP contribution in [0.25, 0.3) is 10.6 Å². The maximum atomic E-state index is 10.5. The molecule has 0 fully saturated rings. The summed E-state index contributed by atoms with van der Waals surface area (Å²) in [6, 6.07) is 22.7. The predicted molar refractivity (Wildman–Crippen MR) is 116 cm³/mol. The molecule has 0 bridgehead atoms. The molecule has 4 aromatic rings. The monoisotopic (exact) mass is 399 g/mol. The number of aromatic hydroxyl groups is 1. The number of rotatable bonds is 5. The Labute approximate surface area is 172 Å². The lowest BCUT2D eigenvalue weighted by Crippen LogP contribution is -1.82. The number of hydrogen-bond donors (Lipinski definition) is 1. The molecule has 0 atom stereocenters. The largest absolute Gasteiger partial charge is 0.505 e. The van der Waals surface area contributed by atoms with E-state index in [9.17, 15) is 5.11 Å². The summed E-state index contributed by atoms with van der Waals surface area (Å²) in [4.78, 5) is 4.34. The van der Waals surface area contributed by atoms with Crippen molar-refractivity contribution in [1.82, 2.24) is 10.2 Å². The lowest BCUT2D eigenvalue weighted by atomic mass is 10.2. The van der Waals surface area contributed by atoms with E-state index in [1.54, 1.807) is 24.4 Å². The fourth-order valence-corrected chi connectivity index (χ4v) is 3.24. The Morgan fingerprint density at radius 1 is 0.862 bits per heavy atom. The van der Waals surface area contributed by atoms with Crippen molar-refractivity contribution < 1.29 is 5.11 Å². The smallest absolute Gasteiger partial charge is 0.231 e. The summed E-state index contributed by atoms with van der Waals surface area (Å²) in [6.45, 7) is 2.01. The molecule has 0 radical (unpaired) electrons. The molecular weight excluding hydrogens is 382 g/mol. The number of para-hydroxylation sites is 1. The normalized spacial score (nSPS) is 11.5. The van der Waals surface area contributed by atoms with Crippen LogP contribution in [0.15, 0.2) is 88.0 Å². The Bertz CT molecular complexity index is 1170. The lowest BCUT2D eigenvalue weighted by molar-refractivity contribution is 0.475. The zero-order chi connectivity index (χ0) is 20.1. The molecule has 0 amide bonds. The van der Waals surface area contributed by atoms with E-state index in [1.807, 2.05) is 61.5 Å². The van der Waals surface area contributed by atoms with Gasteiger partial charge >= 0.3 is 0 Å². The fourth-order valence-electron chi connectivity index (χ4n) is 2.55. The molecule has 0 unspecified atom stereocenters. The van der Waals surface area contributed by atoms with Gasteiger partial charge in [0.2, 0.25) is 5.13 Å². The second kappa shape index (κ2) is 8.53. The van der Waals surface area contributed by atoms with Crippen LogP contribution in [0.1, 0.15) is 11.1 Å². The summed E-state index contributed by atoms with van der Waals surface area (Å²) in [7, 11) is 0. The van der Waals surface area contributed by atoms with Crippen LogP contribution in [0, 0.1) is 6.92 Å². The van der Waals surface area contributed by atoms with Gasteiger partial charge in [0.25, 0.3) is 0 Å². The van der Waals surface area contributed by atoms with Gasteiger partial charge in [-0.15, -0.1) is 15.3 Å². The van der Waals surface area contributed by atoms with Crippen LogP contribution in [0.3, 0.4) is 0 Å². The van der Waals surface area contributed by atoms with Crippen LogP contribution in [-0.2, 0) is 0 Å². The van der Waals surface area contributed by atoms with Gasteiger partial charge in [0.1, 0.15) is 10.7 Å². The highest BCUT2D eigenvalue weighted by Gasteiger charge is 2.07. The molecule has 1 heterocycles. The van der Waals surface area contributed by atoms with E-state index in [1.165, 1.54) is 11.3 Å². The highest BCUT2D eigenvalue weighted by atomic mass is 32.1. The number of benzene rings is 3. The Kier molecular flexibility index (Phi) is 5.49. The van der Waals surface area contributed by atoms with E-state index in [4.69, 9.17) is 0 Å². The molecule has 7 heteroatoms. The van der Waals surface area contributed by atoms with E-state index in [2.05, 4.69) is 25.4 Å². The number of phenols is 1. The van der Waals surface area contributed by atoms with Gasteiger partial charge in [0, 0.05) is 17.3 Å². The summed E-state index contributed by atoms with van der Waals surface area (Å²) in [5.41, 5.74) is 3.76. The van der Waals surface area contributed by atoms with Crippen LogP contribution >= 0.6 is 11.3 Å². The first-order valence-corrected chi connectivity index (χ1v) is 9.74. The van der Waals surface area contributed by atoms with Crippen LogP contribution in [0.4, 0.5) is 16.5 Å². The van der Waals surface area contributed by atoms with E-state index >= 15 is 0 Å². The van der Waals surface area contributed by atoms with E-state index < -0.39 is 0 Å². The Morgan fingerprint density at radius 2 is 1.66 bits per heavy atom. The maximum absolute atomic E-state index is 10.5. The molecule has 0 aliphatic carbocycles. The fraction of sp³-hybridized carbons (Fsp3) is 0.0455. The summed E-state index contributed by atoms with van der Waals surface area (Å²) < 4.78 is 0. The Balaban J connectivity index is 1.53. The molecule has 142 valence electrons. The van der Waals surface area contributed by atoms with Crippen LogP contribution < -0.4 is 0 Å². The average Bonchev–Trinajstić information content (AvgIpc) is 3.23. The highest BCUT2D eigenvalue weighted by Crippen LogP contribution is 2.32. The Hall–Kier alpha value is -3.71. The highest BCUT2D eigenvalue weighted by molar-refractivity contribution is 7.18. The van der Waals surface area contributed by atoms with Gasteiger partial charge in [-0.3, -0.25) is 0 Å². The number of aryl methyl sites for hydroxylation is 1. The molecule has 0 saturated heterocycles.